The molecule has 2 heterocycles. The van der Waals surface area contributed by atoms with Gasteiger partial charge in [0.2, 0.25) is 0 Å². The molecule has 1 amide bonds. The molecule has 2 aromatic carbocycles. The second kappa shape index (κ2) is 10.2. The molecule has 1 aromatic heterocycles. The lowest BCUT2D eigenvalue weighted by atomic mass is 10.1. The summed E-state index contributed by atoms with van der Waals surface area (Å²) in [5.74, 6) is -0.402. The van der Waals surface area contributed by atoms with Crippen LogP contribution in [-0.4, -0.2) is 52.3 Å². The van der Waals surface area contributed by atoms with Gasteiger partial charge in [0.15, 0.2) is 0 Å². The summed E-state index contributed by atoms with van der Waals surface area (Å²) in [6.07, 6.45) is 0.528. The number of likely N-dealkylation sites (tertiary alicyclic amines) is 1. The first-order chi connectivity index (χ1) is 16.3. The molecule has 1 N–H and O–H groups in total. The monoisotopic (exact) mass is 460 g/mol. The molecule has 178 valence electrons. The van der Waals surface area contributed by atoms with Crippen molar-refractivity contribution in [2.45, 2.75) is 52.4 Å². The molecule has 34 heavy (non-hydrogen) atoms. The van der Waals surface area contributed by atoms with E-state index in [1.54, 1.807) is 0 Å². The molecule has 4 rings (SSSR count). The maximum absolute atomic E-state index is 12.9. The van der Waals surface area contributed by atoms with Crippen LogP contribution >= 0.6 is 0 Å². The van der Waals surface area contributed by atoms with Crippen molar-refractivity contribution < 1.29 is 14.3 Å². The number of nitrogens with one attached hydrogen (secondary N) is 1. The van der Waals surface area contributed by atoms with Crippen molar-refractivity contribution in [2.24, 2.45) is 0 Å². The van der Waals surface area contributed by atoms with E-state index in [4.69, 9.17) is 4.74 Å². The number of carbonyl (C=O) groups is 2. The maximum Gasteiger partial charge on any atom is 0.323 e. The van der Waals surface area contributed by atoms with Crippen LogP contribution in [0.4, 0.5) is 0 Å². The number of hydrogen-bond donors (Lipinski definition) is 1. The van der Waals surface area contributed by atoms with Gasteiger partial charge in [-0.05, 0) is 56.5 Å². The average molecular weight is 461 g/mol. The highest BCUT2D eigenvalue weighted by Crippen LogP contribution is 2.22. The van der Waals surface area contributed by atoms with Gasteiger partial charge in [-0.15, -0.1) is 0 Å². The van der Waals surface area contributed by atoms with Crippen molar-refractivity contribution in [1.29, 1.82) is 0 Å². The molecule has 1 saturated heterocycles. The Hall–Kier alpha value is -3.45. The van der Waals surface area contributed by atoms with E-state index in [0.717, 1.165) is 22.5 Å². The predicted molar refractivity (Wildman–Crippen MR) is 131 cm³/mol. The van der Waals surface area contributed by atoms with E-state index in [2.05, 4.69) is 39.6 Å². The third-order valence-corrected chi connectivity index (χ3v) is 6.37. The van der Waals surface area contributed by atoms with Gasteiger partial charge in [0.25, 0.3) is 5.91 Å². The fourth-order valence-corrected chi connectivity index (χ4v) is 4.53. The molecule has 2 atom stereocenters. The van der Waals surface area contributed by atoms with Gasteiger partial charge in [-0.3, -0.25) is 19.2 Å². The van der Waals surface area contributed by atoms with Crippen molar-refractivity contribution in [2.75, 3.05) is 13.7 Å². The van der Waals surface area contributed by atoms with Gasteiger partial charge in [-0.1, -0.05) is 42.0 Å². The van der Waals surface area contributed by atoms with Crippen LogP contribution in [0.1, 0.15) is 44.9 Å². The van der Waals surface area contributed by atoms with Crippen LogP contribution in [0.3, 0.4) is 0 Å². The number of benzene rings is 2. The number of esters is 1. The Bertz CT molecular complexity index is 1150. The van der Waals surface area contributed by atoms with Crippen LogP contribution in [0.15, 0.2) is 54.6 Å². The molecule has 1 fully saturated rings. The van der Waals surface area contributed by atoms with Gasteiger partial charge < -0.3 is 10.1 Å². The summed E-state index contributed by atoms with van der Waals surface area (Å²) in [5.41, 5.74) is 6.11. The summed E-state index contributed by atoms with van der Waals surface area (Å²) in [5, 5.41) is 7.60. The van der Waals surface area contributed by atoms with Gasteiger partial charge >= 0.3 is 5.97 Å². The lowest BCUT2D eigenvalue weighted by Gasteiger charge is -2.22. The van der Waals surface area contributed by atoms with Crippen LogP contribution in [0.25, 0.3) is 0 Å². The number of rotatable bonds is 7. The number of carbonyl (C=O) groups excluding carboxylic acids is 2. The van der Waals surface area contributed by atoms with Crippen molar-refractivity contribution in [3.63, 3.8) is 0 Å². The first kappa shape index (κ1) is 23.7. The zero-order chi connectivity index (χ0) is 24.2. The van der Waals surface area contributed by atoms with Crippen LogP contribution in [-0.2, 0) is 22.6 Å². The van der Waals surface area contributed by atoms with Crippen LogP contribution in [0.2, 0.25) is 0 Å². The van der Waals surface area contributed by atoms with Crippen molar-refractivity contribution in [3.05, 3.63) is 88.2 Å². The van der Waals surface area contributed by atoms with E-state index < -0.39 is 0 Å². The molecule has 0 saturated carbocycles. The van der Waals surface area contributed by atoms with Gasteiger partial charge in [-0.25, -0.2) is 0 Å². The zero-order valence-corrected chi connectivity index (χ0v) is 20.2. The second-order valence-electron chi connectivity index (χ2n) is 9.14. The molecular weight excluding hydrogens is 428 g/mol. The van der Waals surface area contributed by atoms with E-state index in [9.17, 15) is 9.59 Å². The highest BCUT2D eigenvalue weighted by atomic mass is 16.5. The summed E-state index contributed by atoms with van der Waals surface area (Å²) < 4.78 is 6.99. The summed E-state index contributed by atoms with van der Waals surface area (Å²) >= 11 is 0. The fraction of sp³-hybridized carbons (Fsp3) is 0.370. The maximum atomic E-state index is 12.9. The standard InChI is InChI=1S/C27H32N4O3/c1-18-5-7-21(8-6-18)15-30-17-24(14-25(30)27(33)34-4)28-26(32)23-11-9-22(10-12-23)16-31-20(3)13-19(2)29-31/h5-13,24-25H,14-17H2,1-4H3,(H,28,32)/t24-,25+/m1/s1. The van der Waals surface area contributed by atoms with Crippen molar-refractivity contribution >= 4 is 11.9 Å². The Morgan fingerprint density at radius 1 is 1.00 bits per heavy atom. The molecule has 0 radical (unpaired) electrons. The number of nitrogens with zero attached hydrogens (tertiary/aromatic N) is 3. The molecule has 0 aliphatic carbocycles. The minimum absolute atomic E-state index is 0.128. The molecule has 1 aliphatic rings. The summed E-state index contributed by atoms with van der Waals surface area (Å²) in [4.78, 5) is 27.4. The normalized spacial score (nSPS) is 18.1. The smallest absolute Gasteiger partial charge is 0.323 e. The average Bonchev–Trinajstić information content (AvgIpc) is 3.36. The summed E-state index contributed by atoms with van der Waals surface area (Å²) in [6, 6.07) is 17.4. The number of amides is 1. The van der Waals surface area contributed by atoms with E-state index in [0.29, 0.717) is 31.6 Å². The number of hydrogen-bond acceptors (Lipinski definition) is 5. The summed E-state index contributed by atoms with van der Waals surface area (Å²) in [6.45, 7) is 7.95. The molecular formula is C27H32N4O3. The molecule has 0 unspecified atom stereocenters. The number of methoxy groups -OCH3 is 1. The Labute approximate surface area is 200 Å². The minimum Gasteiger partial charge on any atom is -0.468 e. The number of ether oxygens (including phenoxy) is 1. The minimum atomic E-state index is -0.375. The zero-order valence-electron chi connectivity index (χ0n) is 20.2. The van der Waals surface area contributed by atoms with E-state index in [1.165, 1.54) is 12.7 Å². The first-order valence-corrected chi connectivity index (χ1v) is 11.6. The number of aryl methyl sites for hydroxylation is 3. The van der Waals surface area contributed by atoms with Crippen LogP contribution in [0.5, 0.6) is 0 Å². The molecule has 7 nitrogen and oxygen atoms in total. The van der Waals surface area contributed by atoms with Gasteiger partial charge in [0.1, 0.15) is 6.04 Å². The molecule has 1 aliphatic heterocycles. The third-order valence-electron chi connectivity index (χ3n) is 6.37. The molecule has 7 heteroatoms. The largest absolute Gasteiger partial charge is 0.468 e. The fourth-order valence-electron chi connectivity index (χ4n) is 4.53. The molecule has 0 spiro atoms. The Morgan fingerprint density at radius 2 is 1.65 bits per heavy atom. The predicted octanol–water partition coefficient (Wildman–Crippen LogP) is 3.40. The third kappa shape index (κ3) is 5.54. The highest BCUT2D eigenvalue weighted by molar-refractivity contribution is 5.94. The molecule has 0 bridgehead atoms. The quantitative estimate of drug-likeness (QED) is 0.547. The van der Waals surface area contributed by atoms with E-state index in [1.807, 2.05) is 55.8 Å². The Balaban J connectivity index is 1.39. The summed E-state index contributed by atoms with van der Waals surface area (Å²) in [7, 11) is 1.41. The first-order valence-electron chi connectivity index (χ1n) is 11.6. The van der Waals surface area contributed by atoms with Crippen LogP contribution in [0, 0.1) is 20.8 Å². The Morgan fingerprint density at radius 3 is 2.26 bits per heavy atom. The topological polar surface area (TPSA) is 76.5 Å². The number of aromatic nitrogens is 2. The van der Waals surface area contributed by atoms with E-state index >= 15 is 0 Å². The van der Waals surface area contributed by atoms with Crippen molar-refractivity contribution in [3.8, 4) is 0 Å². The van der Waals surface area contributed by atoms with E-state index in [-0.39, 0.29) is 24.0 Å². The second-order valence-corrected chi connectivity index (χ2v) is 9.14. The van der Waals surface area contributed by atoms with Gasteiger partial charge in [-0.2, -0.15) is 5.10 Å². The lowest BCUT2D eigenvalue weighted by Crippen LogP contribution is -2.37. The van der Waals surface area contributed by atoms with Crippen molar-refractivity contribution in [1.82, 2.24) is 20.0 Å². The van der Waals surface area contributed by atoms with Gasteiger partial charge in [0.05, 0.1) is 19.3 Å². The van der Waals surface area contributed by atoms with Crippen LogP contribution < -0.4 is 5.32 Å². The van der Waals surface area contributed by atoms with Gasteiger partial charge in [0, 0.05) is 30.4 Å². The highest BCUT2D eigenvalue weighted by Gasteiger charge is 2.38. The SMILES string of the molecule is COC(=O)[C@@H]1C[C@@H](NC(=O)c2ccc(Cn3nc(C)cc3C)cc2)CN1Cc1ccc(C)cc1. The lowest BCUT2D eigenvalue weighted by molar-refractivity contribution is -0.146. The Kier molecular flexibility index (Phi) is 7.12. The molecule has 3 aromatic rings.